The van der Waals surface area contributed by atoms with Gasteiger partial charge in [0.25, 0.3) is 5.56 Å². The molecule has 13 heteroatoms. The molecule has 1 aliphatic rings. The number of rotatable bonds is 7. The first-order chi connectivity index (χ1) is 16.4. The van der Waals surface area contributed by atoms with Crippen molar-refractivity contribution in [2.24, 2.45) is 7.05 Å². The number of nitrogens with one attached hydrogen (secondary N) is 1. The van der Waals surface area contributed by atoms with Crippen LogP contribution in [0.1, 0.15) is 59.6 Å². The number of esters is 1. The first-order valence-corrected chi connectivity index (χ1v) is 11.6. The molecule has 1 unspecified atom stereocenters. The Kier molecular flexibility index (Phi) is 9.10. The summed E-state index contributed by atoms with van der Waals surface area (Å²) in [5.41, 5.74) is -3.40. The second kappa shape index (κ2) is 11.1. The van der Waals surface area contributed by atoms with Crippen molar-refractivity contribution in [3.05, 3.63) is 32.6 Å². The van der Waals surface area contributed by atoms with Crippen LogP contribution in [0.25, 0.3) is 0 Å². The molecular weight excluding hydrogens is 478 g/mol. The first kappa shape index (κ1) is 29.5. The van der Waals surface area contributed by atoms with Crippen LogP contribution in [0, 0.1) is 0 Å². The molecule has 13 nitrogen and oxygen atoms in total. The molecule has 0 bridgehead atoms. The number of nitrogens with zero attached hydrogens (tertiary/aromatic N) is 2. The van der Waals surface area contributed by atoms with E-state index < -0.39 is 78.1 Å². The lowest BCUT2D eigenvalue weighted by Gasteiger charge is -2.25. The predicted octanol–water partition coefficient (Wildman–Crippen LogP) is -0.674. The van der Waals surface area contributed by atoms with Gasteiger partial charge in [0, 0.05) is 13.2 Å². The second-order valence-corrected chi connectivity index (χ2v) is 10.8. The molecule has 1 aromatic rings. The number of carbonyl (C=O) groups excluding carboxylic acids is 2. The van der Waals surface area contributed by atoms with E-state index in [-0.39, 0.29) is 12.0 Å². The number of carbonyl (C=O) groups is 2. The molecule has 1 saturated heterocycles. The Bertz CT molecular complexity index is 1040. The van der Waals surface area contributed by atoms with E-state index in [0.717, 1.165) is 9.13 Å². The molecule has 2 heterocycles. The van der Waals surface area contributed by atoms with E-state index in [1.54, 1.807) is 41.5 Å². The van der Waals surface area contributed by atoms with Gasteiger partial charge in [0.05, 0.1) is 31.2 Å². The fourth-order valence-electron chi connectivity index (χ4n) is 3.71. The monoisotopic (exact) mass is 515 g/mol. The van der Waals surface area contributed by atoms with Crippen molar-refractivity contribution < 1.29 is 39.1 Å². The lowest BCUT2D eigenvalue weighted by molar-refractivity contribution is -0.155. The Morgan fingerprint density at radius 3 is 2.17 bits per heavy atom. The second-order valence-electron chi connectivity index (χ2n) is 10.8. The van der Waals surface area contributed by atoms with Crippen LogP contribution in [0.3, 0.4) is 0 Å². The van der Waals surface area contributed by atoms with Crippen LogP contribution in [0.15, 0.2) is 15.8 Å². The van der Waals surface area contributed by atoms with Gasteiger partial charge in [-0.3, -0.25) is 14.2 Å². The number of ether oxygens (including phenoxy) is 3. The van der Waals surface area contributed by atoms with Crippen LogP contribution in [0.5, 0.6) is 0 Å². The van der Waals surface area contributed by atoms with Gasteiger partial charge in [-0.2, -0.15) is 0 Å². The van der Waals surface area contributed by atoms with E-state index in [0.29, 0.717) is 0 Å². The number of hydrogen-bond acceptors (Lipinski definition) is 10. The maximum Gasteiger partial charge on any atom is 0.407 e. The number of hydrogen-bond donors (Lipinski definition) is 4. The van der Waals surface area contributed by atoms with Crippen molar-refractivity contribution in [1.82, 2.24) is 14.5 Å². The Morgan fingerprint density at radius 1 is 1.08 bits per heavy atom. The normalized spacial score (nSPS) is 23.3. The molecule has 1 amide bonds. The Labute approximate surface area is 208 Å². The number of aromatic nitrogens is 2. The third-order valence-corrected chi connectivity index (χ3v) is 5.16. The molecule has 0 saturated carbocycles. The average Bonchev–Trinajstić information content (AvgIpc) is 2.99. The van der Waals surface area contributed by atoms with Gasteiger partial charge < -0.3 is 39.4 Å². The van der Waals surface area contributed by atoms with Crippen molar-refractivity contribution >= 4 is 12.1 Å². The zero-order valence-electron chi connectivity index (χ0n) is 21.7. The van der Waals surface area contributed by atoms with Crippen molar-refractivity contribution in [2.75, 3.05) is 6.61 Å². The third-order valence-electron chi connectivity index (χ3n) is 5.16. The van der Waals surface area contributed by atoms with Gasteiger partial charge in [-0.1, -0.05) is 0 Å². The number of aryl methyl sites for hydroxylation is 1. The minimum atomic E-state index is -1.53. The van der Waals surface area contributed by atoms with Gasteiger partial charge in [0.1, 0.15) is 35.6 Å². The summed E-state index contributed by atoms with van der Waals surface area (Å²) in [7, 11) is 1.37. The highest BCUT2D eigenvalue weighted by Crippen LogP contribution is 2.31. The summed E-state index contributed by atoms with van der Waals surface area (Å²) in [5, 5.41) is 32.3. The Hall–Kier alpha value is -2.74. The highest BCUT2D eigenvalue weighted by molar-refractivity contribution is 5.73. The highest BCUT2D eigenvalue weighted by atomic mass is 16.6. The van der Waals surface area contributed by atoms with Gasteiger partial charge in [-0.05, 0) is 41.5 Å². The zero-order valence-corrected chi connectivity index (χ0v) is 21.7. The summed E-state index contributed by atoms with van der Waals surface area (Å²) < 4.78 is 17.9. The van der Waals surface area contributed by atoms with E-state index in [9.17, 15) is 34.5 Å². The molecule has 1 aliphatic heterocycles. The van der Waals surface area contributed by atoms with Gasteiger partial charge in [-0.15, -0.1) is 0 Å². The Balaban J connectivity index is 2.43. The molecule has 204 valence electrons. The first-order valence-electron chi connectivity index (χ1n) is 11.6. The molecule has 0 radical (unpaired) electrons. The molecule has 36 heavy (non-hydrogen) atoms. The fourth-order valence-corrected chi connectivity index (χ4v) is 3.71. The van der Waals surface area contributed by atoms with E-state index in [1.165, 1.54) is 13.2 Å². The number of amides is 1. The van der Waals surface area contributed by atoms with Crippen molar-refractivity contribution in [1.29, 1.82) is 0 Å². The van der Waals surface area contributed by atoms with Gasteiger partial charge >= 0.3 is 17.8 Å². The summed E-state index contributed by atoms with van der Waals surface area (Å²) >= 11 is 0. The largest absolute Gasteiger partial charge is 0.460 e. The minimum Gasteiger partial charge on any atom is -0.460 e. The molecule has 0 spiro atoms. The molecule has 4 N–H and O–H groups in total. The quantitative estimate of drug-likeness (QED) is 0.340. The standard InChI is InChI=1S/C23H37N3O10/c1-22(2,3)35-15(28)8-12(24-20(32)36-23(4,5)6)9-26-19(31)13(10-25(7)21(26)33)18-17(30)16(29)14(11-27)34-18/h10,12,14,16-18,27,29-30H,8-9,11H2,1-7H3,(H,24,32)/t12-,14+,16?,17-,18-/m0/s1. The van der Waals surface area contributed by atoms with Crippen LogP contribution >= 0.6 is 0 Å². The average molecular weight is 516 g/mol. The lowest BCUT2D eigenvalue weighted by atomic mass is 10.0. The summed E-state index contributed by atoms with van der Waals surface area (Å²) in [6, 6.07) is -1.07. The maximum absolute atomic E-state index is 13.3. The van der Waals surface area contributed by atoms with Crippen LogP contribution < -0.4 is 16.6 Å². The highest BCUT2D eigenvalue weighted by Gasteiger charge is 2.44. The topological polar surface area (TPSA) is 179 Å². The molecule has 1 fully saturated rings. The maximum atomic E-state index is 13.3. The summed E-state index contributed by atoms with van der Waals surface area (Å²) in [4.78, 5) is 51.1. The lowest BCUT2D eigenvalue weighted by Crippen LogP contribution is -2.49. The van der Waals surface area contributed by atoms with Gasteiger partial charge in [0.2, 0.25) is 0 Å². The van der Waals surface area contributed by atoms with Crippen LogP contribution in [-0.4, -0.2) is 78.7 Å². The van der Waals surface area contributed by atoms with Gasteiger partial charge in [0.15, 0.2) is 0 Å². The van der Waals surface area contributed by atoms with E-state index >= 15 is 0 Å². The summed E-state index contributed by atoms with van der Waals surface area (Å²) in [5.74, 6) is -0.673. The summed E-state index contributed by atoms with van der Waals surface area (Å²) in [6.45, 7) is 8.96. The van der Waals surface area contributed by atoms with Crippen LogP contribution in [0.2, 0.25) is 0 Å². The zero-order chi connectivity index (χ0) is 27.6. The molecular formula is C23H37N3O10. The smallest absolute Gasteiger partial charge is 0.407 e. The number of aliphatic hydroxyl groups excluding tert-OH is 3. The molecule has 2 rings (SSSR count). The molecule has 0 aromatic carbocycles. The van der Waals surface area contributed by atoms with Crippen LogP contribution in [-0.2, 0) is 32.6 Å². The molecule has 0 aliphatic carbocycles. The molecule has 5 atom stereocenters. The van der Waals surface area contributed by atoms with E-state index in [4.69, 9.17) is 14.2 Å². The van der Waals surface area contributed by atoms with Crippen molar-refractivity contribution in [3.63, 3.8) is 0 Å². The van der Waals surface area contributed by atoms with Gasteiger partial charge in [-0.25, -0.2) is 9.59 Å². The van der Waals surface area contributed by atoms with E-state index in [2.05, 4.69) is 5.32 Å². The fraction of sp³-hybridized carbons (Fsp3) is 0.739. The Morgan fingerprint density at radius 2 is 1.67 bits per heavy atom. The number of alkyl carbamates (subject to hydrolysis) is 1. The van der Waals surface area contributed by atoms with Crippen molar-refractivity contribution in [3.8, 4) is 0 Å². The molecule has 1 aromatic heterocycles. The number of aliphatic hydroxyl groups is 3. The third kappa shape index (κ3) is 7.63. The predicted molar refractivity (Wildman–Crippen MR) is 126 cm³/mol. The SMILES string of the molecule is Cn1cc([C@@H]2O[C@H](CO)C(O)[C@@H]2O)c(=O)n(C[C@H](CC(=O)OC(C)(C)C)NC(=O)OC(C)(C)C)c1=O. The van der Waals surface area contributed by atoms with E-state index in [1.807, 2.05) is 0 Å². The van der Waals surface area contributed by atoms with Crippen LogP contribution in [0.4, 0.5) is 4.79 Å². The minimum absolute atomic E-state index is 0.145. The summed E-state index contributed by atoms with van der Waals surface area (Å²) in [6.07, 6.45) is -5.47. The van der Waals surface area contributed by atoms with Crippen molar-refractivity contribution in [2.45, 2.75) is 96.2 Å².